The van der Waals surface area contributed by atoms with Crippen molar-refractivity contribution < 1.29 is 4.79 Å². The number of amides is 1. The van der Waals surface area contributed by atoms with Gasteiger partial charge < -0.3 is 15.5 Å². The molecule has 0 aromatic carbocycles. The van der Waals surface area contributed by atoms with E-state index in [1.807, 2.05) is 4.90 Å². The molecule has 0 unspecified atom stereocenters. The molecule has 4 heteroatoms. The van der Waals surface area contributed by atoms with Crippen LogP contribution in [-0.2, 0) is 4.79 Å². The van der Waals surface area contributed by atoms with Crippen molar-refractivity contribution in [3.05, 3.63) is 0 Å². The number of hydrogen-bond acceptors (Lipinski definition) is 3. The zero-order chi connectivity index (χ0) is 13.0. The Labute approximate surface area is 105 Å². The van der Waals surface area contributed by atoms with E-state index in [1.54, 1.807) is 0 Å². The summed E-state index contributed by atoms with van der Waals surface area (Å²) in [5.74, 6) is 0.0822. The minimum absolute atomic E-state index is 0.0822. The first-order chi connectivity index (χ1) is 7.99. The van der Waals surface area contributed by atoms with Gasteiger partial charge in [0, 0.05) is 18.1 Å². The Morgan fingerprint density at radius 2 is 1.76 bits per heavy atom. The normalized spacial score (nSPS) is 25.4. The highest BCUT2D eigenvalue weighted by Gasteiger charge is 2.34. The van der Waals surface area contributed by atoms with Gasteiger partial charge in [0.25, 0.3) is 0 Å². The SMILES string of the molecule is CC(C)N(C(=O)CN)[C@H]1CCCC[C@@H]1N(C)C. The van der Waals surface area contributed by atoms with Crippen LogP contribution in [-0.4, -0.2) is 54.5 Å². The van der Waals surface area contributed by atoms with Crippen molar-refractivity contribution >= 4 is 5.91 Å². The van der Waals surface area contributed by atoms with Crippen LogP contribution in [0.25, 0.3) is 0 Å². The zero-order valence-corrected chi connectivity index (χ0v) is 11.6. The third-order valence-electron chi connectivity index (χ3n) is 3.73. The minimum atomic E-state index is 0.0822. The van der Waals surface area contributed by atoms with Crippen molar-refractivity contribution in [1.29, 1.82) is 0 Å². The van der Waals surface area contributed by atoms with Gasteiger partial charge in [0.1, 0.15) is 0 Å². The fraction of sp³-hybridized carbons (Fsp3) is 0.923. The van der Waals surface area contributed by atoms with Crippen LogP contribution in [0.2, 0.25) is 0 Å². The van der Waals surface area contributed by atoms with E-state index in [2.05, 4.69) is 32.8 Å². The van der Waals surface area contributed by atoms with Gasteiger partial charge in [0.15, 0.2) is 0 Å². The molecule has 100 valence electrons. The molecule has 1 amide bonds. The molecule has 1 aliphatic carbocycles. The van der Waals surface area contributed by atoms with Gasteiger partial charge in [-0.2, -0.15) is 0 Å². The van der Waals surface area contributed by atoms with Crippen LogP contribution in [0.3, 0.4) is 0 Å². The summed E-state index contributed by atoms with van der Waals surface area (Å²) < 4.78 is 0. The number of carbonyl (C=O) groups is 1. The number of hydrogen-bond donors (Lipinski definition) is 1. The first-order valence-electron chi connectivity index (χ1n) is 6.66. The molecule has 1 saturated carbocycles. The van der Waals surface area contributed by atoms with Gasteiger partial charge in [-0.25, -0.2) is 0 Å². The standard InChI is InChI=1S/C13H27N3O/c1-10(2)16(13(17)9-14)12-8-6-5-7-11(12)15(3)4/h10-12H,5-9,14H2,1-4H3/t11-,12-/m0/s1. The number of carbonyl (C=O) groups excluding carboxylic acids is 1. The van der Waals surface area contributed by atoms with Gasteiger partial charge in [-0.1, -0.05) is 12.8 Å². The first kappa shape index (κ1) is 14.5. The van der Waals surface area contributed by atoms with Gasteiger partial charge in [0.05, 0.1) is 6.54 Å². The summed E-state index contributed by atoms with van der Waals surface area (Å²) in [6, 6.07) is 1.04. The van der Waals surface area contributed by atoms with E-state index in [-0.39, 0.29) is 18.5 Å². The Hall–Kier alpha value is -0.610. The zero-order valence-electron chi connectivity index (χ0n) is 11.6. The molecule has 2 atom stereocenters. The first-order valence-corrected chi connectivity index (χ1v) is 6.66. The highest BCUT2D eigenvalue weighted by Crippen LogP contribution is 2.27. The predicted octanol–water partition coefficient (Wildman–Crippen LogP) is 1.05. The Bertz CT molecular complexity index is 253. The van der Waals surface area contributed by atoms with Crippen LogP contribution in [0, 0.1) is 0 Å². The van der Waals surface area contributed by atoms with Crippen LogP contribution in [0.5, 0.6) is 0 Å². The quantitative estimate of drug-likeness (QED) is 0.800. The molecule has 0 aromatic heterocycles. The second kappa shape index (κ2) is 6.36. The van der Waals surface area contributed by atoms with E-state index in [0.29, 0.717) is 12.1 Å². The fourth-order valence-electron chi connectivity index (χ4n) is 2.98. The third-order valence-corrected chi connectivity index (χ3v) is 3.73. The van der Waals surface area contributed by atoms with Gasteiger partial charge in [-0.3, -0.25) is 4.79 Å². The van der Waals surface area contributed by atoms with E-state index in [0.717, 1.165) is 6.42 Å². The van der Waals surface area contributed by atoms with Crippen LogP contribution in [0.15, 0.2) is 0 Å². The average molecular weight is 241 g/mol. The van der Waals surface area contributed by atoms with Gasteiger partial charge in [-0.15, -0.1) is 0 Å². The Kier molecular flexibility index (Phi) is 5.40. The molecule has 4 nitrogen and oxygen atoms in total. The Morgan fingerprint density at radius 3 is 2.18 bits per heavy atom. The summed E-state index contributed by atoms with van der Waals surface area (Å²) in [6.07, 6.45) is 4.77. The number of rotatable bonds is 4. The van der Waals surface area contributed by atoms with Crippen LogP contribution < -0.4 is 5.73 Å². The van der Waals surface area contributed by atoms with Crippen LogP contribution in [0.4, 0.5) is 0 Å². The van der Waals surface area contributed by atoms with E-state index in [9.17, 15) is 4.79 Å². The van der Waals surface area contributed by atoms with Crippen molar-refractivity contribution in [2.75, 3.05) is 20.6 Å². The van der Waals surface area contributed by atoms with Crippen molar-refractivity contribution in [3.63, 3.8) is 0 Å². The molecule has 1 aliphatic rings. The Morgan fingerprint density at radius 1 is 1.24 bits per heavy atom. The maximum Gasteiger partial charge on any atom is 0.236 e. The maximum atomic E-state index is 12.0. The number of likely N-dealkylation sites (N-methyl/N-ethyl adjacent to an activating group) is 1. The second-order valence-electron chi connectivity index (χ2n) is 5.48. The molecule has 0 aliphatic heterocycles. The van der Waals surface area contributed by atoms with Gasteiger partial charge in [-0.05, 0) is 40.8 Å². The minimum Gasteiger partial charge on any atom is -0.335 e. The molecule has 0 heterocycles. The Balaban J connectivity index is 2.86. The molecule has 0 radical (unpaired) electrons. The van der Waals surface area contributed by atoms with Crippen LogP contribution in [0.1, 0.15) is 39.5 Å². The monoisotopic (exact) mass is 241 g/mol. The molecule has 1 rings (SSSR count). The largest absolute Gasteiger partial charge is 0.335 e. The maximum absolute atomic E-state index is 12.0. The van der Waals surface area contributed by atoms with Gasteiger partial charge in [0.2, 0.25) is 5.91 Å². The summed E-state index contributed by atoms with van der Waals surface area (Å²) in [4.78, 5) is 16.3. The molecular weight excluding hydrogens is 214 g/mol. The molecular formula is C13H27N3O. The lowest BCUT2D eigenvalue weighted by Crippen LogP contribution is -2.56. The van der Waals surface area contributed by atoms with Crippen molar-refractivity contribution in [1.82, 2.24) is 9.80 Å². The third kappa shape index (κ3) is 3.42. The number of nitrogens with zero attached hydrogens (tertiary/aromatic N) is 2. The second-order valence-corrected chi connectivity index (χ2v) is 5.48. The lowest BCUT2D eigenvalue weighted by molar-refractivity contribution is -0.136. The number of nitrogens with two attached hydrogens (primary N) is 1. The molecule has 17 heavy (non-hydrogen) atoms. The molecule has 0 saturated heterocycles. The molecule has 2 N–H and O–H groups in total. The molecule has 0 spiro atoms. The van der Waals surface area contributed by atoms with Crippen molar-refractivity contribution in [2.24, 2.45) is 5.73 Å². The van der Waals surface area contributed by atoms with E-state index in [1.165, 1.54) is 19.3 Å². The van der Waals surface area contributed by atoms with Crippen molar-refractivity contribution in [3.8, 4) is 0 Å². The van der Waals surface area contributed by atoms with Crippen LogP contribution >= 0.6 is 0 Å². The lowest BCUT2D eigenvalue weighted by atomic mass is 9.87. The smallest absolute Gasteiger partial charge is 0.236 e. The average Bonchev–Trinajstić information content (AvgIpc) is 2.29. The molecule has 0 aromatic rings. The molecule has 0 bridgehead atoms. The highest BCUT2D eigenvalue weighted by molar-refractivity contribution is 5.78. The van der Waals surface area contributed by atoms with Crippen molar-refractivity contribution in [2.45, 2.75) is 57.7 Å². The summed E-state index contributed by atoms with van der Waals surface area (Å²) in [5, 5.41) is 0. The van der Waals surface area contributed by atoms with E-state index in [4.69, 9.17) is 5.73 Å². The highest BCUT2D eigenvalue weighted by atomic mass is 16.2. The predicted molar refractivity (Wildman–Crippen MR) is 70.8 cm³/mol. The molecule has 1 fully saturated rings. The summed E-state index contributed by atoms with van der Waals surface area (Å²) >= 11 is 0. The summed E-state index contributed by atoms with van der Waals surface area (Å²) in [6.45, 7) is 4.28. The topological polar surface area (TPSA) is 49.6 Å². The lowest BCUT2D eigenvalue weighted by Gasteiger charge is -2.44. The van der Waals surface area contributed by atoms with E-state index < -0.39 is 0 Å². The van der Waals surface area contributed by atoms with Gasteiger partial charge >= 0.3 is 0 Å². The summed E-state index contributed by atoms with van der Waals surface area (Å²) in [7, 11) is 4.21. The fourth-order valence-corrected chi connectivity index (χ4v) is 2.98. The summed E-state index contributed by atoms with van der Waals surface area (Å²) in [5.41, 5.74) is 5.53. The van der Waals surface area contributed by atoms with E-state index >= 15 is 0 Å².